The molecule has 1 saturated carbocycles. The Bertz CT molecular complexity index is 680. The molecular weight excluding hydrogens is 350 g/mol. The summed E-state index contributed by atoms with van der Waals surface area (Å²) in [5.74, 6) is 3.04. The van der Waals surface area contributed by atoms with Crippen molar-refractivity contribution in [1.82, 2.24) is 4.90 Å². The molecule has 28 heavy (non-hydrogen) atoms. The molecule has 1 fully saturated rings. The average Bonchev–Trinajstić information content (AvgIpc) is 2.74. The third-order valence-electron chi connectivity index (χ3n) is 6.39. The molecule has 1 aliphatic heterocycles. The summed E-state index contributed by atoms with van der Waals surface area (Å²) in [6.07, 6.45) is 14.8. The molecule has 0 saturated heterocycles. The van der Waals surface area contributed by atoms with Crippen molar-refractivity contribution in [3.05, 3.63) is 36.4 Å². The Morgan fingerprint density at radius 1 is 0.964 bits per heavy atom. The first-order valence-electron chi connectivity index (χ1n) is 11.1. The van der Waals surface area contributed by atoms with Gasteiger partial charge in [0.05, 0.1) is 6.54 Å². The van der Waals surface area contributed by atoms with Crippen molar-refractivity contribution in [1.29, 1.82) is 0 Å². The smallest absolute Gasteiger partial charge is 0.222 e. The lowest BCUT2D eigenvalue weighted by Gasteiger charge is -2.34. The Kier molecular flexibility index (Phi) is 6.56. The van der Waals surface area contributed by atoms with Crippen LogP contribution in [0.2, 0.25) is 0 Å². The number of carbonyl (C=O) groups excluding carboxylic acids is 1. The number of hydrogen-bond donors (Lipinski definition) is 0. The molecule has 4 heteroatoms. The molecule has 2 atom stereocenters. The third-order valence-corrected chi connectivity index (χ3v) is 6.39. The van der Waals surface area contributed by atoms with Crippen LogP contribution in [0.1, 0.15) is 57.8 Å². The first-order chi connectivity index (χ1) is 13.8. The van der Waals surface area contributed by atoms with Gasteiger partial charge in [-0.2, -0.15) is 0 Å². The standard InChI is InChI=1S/C24H33NO3/c26-24(15-19-9-3-1-4-10-19)25(16-20-11-5-2-6-12-20)17-21-18-27-22-13-7-8-14-23(22)28-21/h2,5,7-8,13-14,19-21H,1,3-4,6,9-12,15-18H2/t20-,21-/m1/s1. The van der Waals surface area contributed by atoms with Crippen molar-refractivity contribution in [3.8, 4) is 11.5 Å². The molecule has 0 radical (unpaired) electrons. The van der Waals surface area contributed by atoms with E-state index in [1.807, 2.05) is 24.3 Å². The number of nitrogens with zero attached hydrogens (tertiary/aromatic N) is 1. The highest BCUT2D eigenvalue weighted by molar-refractivity contribution is 5.76. The molecule has 0 aromatic heterocycles. The number of amides is 1. The maximum Gasteiger partial charge on any atom is 0.222 e. The summed E-state index contributed by atoms with van der Waals surface area (Å²) in [6, 6.07) is 7.80. The Morgan fingerprint density at radius 3 is 2.57 bits per heavy atom. The lowest BCUT2D eigenvalue weighted by Crippen LogP contribution is -2.46. The van der Waals surface area contributed by atoms with E-state index in [0.717, 1.165) is 30.9 Å². The quantitative estimate of drug-likeness (QED) is 0.650. The zero-order chi connectivity index (χ0) is 19.2. The molecule has 4 nitrogen and oxygen atoms in total. The van der Waals surface area contributed by atoms with Crippen LogP contribution in [0.15, 0.2) is 36.4 Å². The lowest BCUT2D eigenvalue weighted by atomic mass is 9.86. The molecule has 1 amide bonds. The number of hydrogen-bond acceptors (Lipinski definition) is 3. The second-order valence-corrected chi connectivity index (χ2v) is 8.65. The summed E-state index contributed by atoms with van der Waals surface area (Å²) in [5, 5.41) is 0. The SMILES string of the molecule is O=C(CC1CCCCC1)N(C[C@@H]1CC=CCC1)C[C@@H]1COc2ccccc2O1. The number of benzene rings is 1. The van der Waals surface area contributed by atoms with Gasteiger partial charge in [-0.25, -0.2) is 0 Å². The first-order valence-corrected chi connectivity index (χ1v) is 11.1. The molecule has 1 aromatic carbocycles. The van der Waals surface area contributed by atoms with Gasteiger partial charge in [0.25, 0.3) is 0 Å². The third kappa shape index (κ3) is 5.09. The van der Waals surface area contributed by atoms with Crippen molar-refractivity contribution < 1.29 is 14.3 Å². The number of allylic oxidation sites excluding steroid dienone is 2. The van der Waals surface area contributed by atoms with E-state index < -0.39 is 0 Å². The van der Waals surface area contributed by atoms with Gasteiger partial charge in [-0.3, -0.25) is 4.79 Å². The number of fused-ring (bicyclic) bond motifs is 1. The van der Waals surface area contributed by atoms with Crippen LogP contribution in [0.5, 0.6) is 11.5 Å². The Balaban J connectivity index is 1.40. The van der Waals surface area contributed by atoms with Crippen LogP contribution in [-0.4, -0.2) is 36.6 Å². The summed E-state index contributed by atoms with van der Waals surface area (Å²) < 4.78 is 12.0. The molecular formula is C24H33NO3. The van der Waals surface area contributed by atoms with Crippen molar-refractivity contribution in [2.45, 2.75) is 63.9 Å². The van der Waals surface area contributed by atoms with Crippen LogP contribution in [0.4, 0.5) is 0 Å². The fourth-order valence-electron chi connectivity index (χ4n) is 4.78. The predicted molar refractivity (Wildman–Crippen MR) is 111 cm³/mol. The second-order valence-electron chi connectivity index (χ2n) is 8.65. The Labute approximate surface area is 168 Å². The predicted octanol–water partition coefficient (Wildman–Crippen LogP) is 4.98. The summed E-state index contributed by atoms with van der Waals surface area (Å²) in [5.41, 5.74) is 0. The fraction of sp³-hybridized carbons (Fsp3) is 0.625. The minimum Gasteiger partial charge on any atom is -0.486 e. The van der Waals surface area contributed by atoms with Crippen LogP contribution in [0.3, 0.4) is 0 Å². The molecule has 0 unspecified atom stereocenters. The van der Waals surface area contributed by atoms with Crippen LogP contribution in [-0.2, 0) is 4.79 Å². The summed E-state index contributed by atoms with van der Waals surface area (Å²) in [6.45, 7) is 1.98. The zero-order valence-electron chi connectivity index (χ0n) is 16.9. The van der Waals surface area contributed by atoms with Gasteiger partial charge in [0, 0.05) is 13.0 Å². The van der Waals surface area contributed by atoms with Gasteiger partial charge in [0.1, 0.15) is 6.61 Å². The monoisotopic (exact) mass is 383 g/mol. The van der Waals surface area contributed by atoms with E-state index >= 15 is 0 Å². The first kappa shape index (κ1) is 19.4. The molecule has 4 rings (SSSR count). The highest BCUT2D eigenvalue weighted by atomic mass is 16.6. The minimum atomic E-state index is -0.0932. The lowest BCUT2D eigenvalue weighted by molar-refractivity contribution is -0.134. The van der Waals surface area contributed by atoms with Gasteiger partial charge in [-0.15, -0.1) is 0 Å². The zero-order valence-corrected chi connectivity index (χ0v) is 16.9. The normalized spacial score (nSPS) is 24.7. The maximum absolute atomic E-state index is 13.2. The number of carbonyl (C=O) groups is 1. The summed E-state index contributed by atoms with van der Waals surface area (Å²) in [7, 11) is 0. The molecule has 0 N–H and O–H groups in total. The van der Waals surface area contributed by atoms with Gasteiger partial charge in [0.15, 0.2) is 17.6 Å². The molecule has 0 bridgehead atoms. The molecule has 1 aromatic rings. The van der Waals surface area contributed by atoms with E-state index in [9.17, 15) is 4.79 Å². The highest BCUT2D eigenvalue weighted by Crippen LogP contribution is 2.32. The minimum absolute atomic E-state index is 0.0932. The summed E-state index contributed by atoms with van der Waals surface area (Å²) in [4.78, 5) is 15.3. The van der Waals surface area contributed by atoms with E-state index in [-0.39, 0.29) is 6.10 Å². The van der Waals surface area contributed by atoms with Gasteiger partial charge in [-0.05, 0) is 56.1 Å². The van der Waals surface area contributed by atoms with E-state index in [4.69, 9.17) is 9.47 Å². The van der Waals surface area contributed by atoms with Gasteiger partial charge >= 0.3 is 0 Å². The van der Waals surface area contributed by atoms with Crippen molar-refractivity contribution in [2.24, 2.45) is 11.8 Å². The van der Waals surface area contributed by atoms with Gasteiger partial charge in [0.2, 0.25) is 5.91 Å². The topological polar surface area (TPSA) is 38.8 Å². The van der Waals surface area contributed by atoms with E-state index in [0.29, 0.717) is 37.3 Å². The number of para-hydroxylation sites is 2. The summed E-state index contributed by atoms with van der Waals surface area (Å²) >= 11 is 0. The van der Waals surface area contributed by atoms with E-state index in [2.05, 4.69) is 17.1 Å². The van der Waals surface area contributed by atoms with Crippen LogP contribution >= 0.6 is 0 Å². The number of ether oxygens (including phenoxy) is 2. The van der Waals surface area contributed by atoms with Crippen molar-refractivity contribution >= 4 is 5.91 Å². The largest absolute Gasteiger partial charge is 0.486 e. The van der Waals surface area contributed by atoms with E-state index in [1.165, 1.54) is 38.5 Å². The van der Waals surface area contributed by atoms with E-state index in [1.54, 1.807) is 0 Å². The van der Waals surface area contributed by atoms with Crippen molar-refractivity contribution in [3.63, 3.8) is 0 Å². The average molecular weight is 384 g/mol. The maximum atomic E-state index is 13.2. The van der Waals surface area contributed by atoms with Crippen LogP contribution in [0, 0.1) is 11.8 Å². The van der Waals surface area contributed by atoms with Gasteiger partial charge in [-0.1, -0.05) is 43.5 Å². The molecule has 2 aliphatic carbocycles. The number of rotatable bonds is 6. The van der Waals surface area contributed by atoms with Crippen LogP contribution < -0.4 is 9.47 Å². The fourth-order valence-corrected chi connectivity index (χ4v) is 4.78. The Morgan fingerprint density at radius 2 is 1.79 bits per heavy atom. The van der Waals surface area contributed by atoms with Gasteiger partial charge < -0.3 is 14.4 Å². The molecule has 0 spiro atoms. The van der Waals surface area contributed by atoms with Crippen molar-refractivity contribution in [2.75, 3.05) is 19.7 Å². The molecule has 152 valence electrons. The molecule has 1 heterocycles. The highest BCUT2D eigenvalue weighted by Gasteiger charge is 2.28. The molecule has 3 aliphatic rings. The Hall–Kier alpha value is -1.97. The second kappa shape index (κ2) is 9.49. The van der Waals surface area contributed by atoms with Crippen LogP contribution in [0.25, 0.3) is 0 Å².